The predicted octanol–water partition coefficient (Wildman–Crippen LogP) is 2.88. The lowest BCUT2D eigenvalue weighted by Gasteiger charge is -2.38. The van der Waals surface area contributed by atoms with Crippen molar-refractivity contribution in [3.8, 4) is 0 Å². The lowest BCUT2D eigenvalue weighted by atomic mass is 9.77. The van der Waals surface area contributed by atoms with Crippen molar-refractivity contribution in [1.29, 1.82) is 0 Å². The zero-order chi connectivity index (χ0) is 19.0. The Labute approximate surface area is 168 Å². The van der Waals surface area contributed by atoms with Gasteiger partial charge in [-0.05, 0) is 25.7 Å². The summed E-state index contributed by atoms with van der Waals surface area (Å²) in [6, 6.07) is 0. The molecule has 10 heteroatoms. The van der Waals surface area contributed by atoms with E-state index in [1.54, 1.807) is 4.90 Å². The van der Waals surface area contributed by atoms with Gasteiger partial charge in [0.2, 0.25) is 5.91 Å². The van der Waals surface area contributed by atoms with E-state index in [0.717, 1.165) is 37.6 Å². The molecule has 2 atom stereocenters. The van der Waals surface area contributed by atoms with Gasteiger partial charge in [-0.25, -0.2) is 0 Å². The first kappa shape index (κ1) is 21.4. The SMILES string of the molecule is Cl.O=C(C1CCCCC1C(F)(F)F)N1CCC(c2nnc3n2CCNC3)CC1. The quantitative estimate of drug-likeness (QED) is 0.797. The van der Waals surface area contributed by atoms with Crippen LogP contribution in [0.4, 0.5) is 13.2 Å². The first-order valence-electron chi connectivity index (χ1n) is 9.93. The van der Waals surface area contributed by atoms with Crippen molar-refractivity contribution < 1.29 is 18.0 Å². The summed E-state index contributed by atoms with van der Waals surface area (Å²) in [5.74, 6) is -0.565. The molecular weight excluding hydrogens is 395 g/mol. The number of hydrogen-bond acceptors (Lipinski definition) is 4. The Kier molecular flexibility index (Phi) is 6.54. The summed E-state index contributed by atoms with van der Waals surface area (Å²) < 4.78 is 42.2. The molecule has 1 aromatic rings. The first-order valence-corrected chi connectivity index (χ1v) is 9.93. The van der Waals surface area contributed by atoms with Crippen LogP contribution in [0.5, 0.6) is 0 Å². The summed E-state index contributed by atoms with van der Waals surface area (Å²) in [4.78, 5) is 14.5. The van der Waals surface area contributed by atoms with Gasteiger partial charge >= 0.3 is 6.18 Å². The molecule has 0 spiro atoms. The Morgan fingerprint density at radius 1 is 1.04 bits per heavy atom. The van der Waals surface area contributed by atoms with E-state index in [1.165, 1.54) is 0 Å². The molecule has 1 saturated heterocycles. The van der Waals surface area contributed by atoms with Crippen molar-refractivity contribution in [2.24, 2.45) is 11.8 Å². The minimum atomic E-state index is -4.28. The second kappa shape index (κ2) is 8.57. The van der Waals surface area contributed by atoms with Gasteiger partial charge in [0.05, 0.1) is 12.5 Å². The van der Waals surface area contributed by atoms with Crippen LogP contribution in [0.25, 0.3) is 0 Å². The number of halogens is 4. The number of nitrogens with zero attached hydrogens (tertiary/aromatic N) is 4. The van der Waals surface area contributed by atoms with Crippen LogP contribution in [0.15, 0.2) is 0 Å². The minimum Gasteiger partial charge on any atom is -0.342 e. The van der Waals surface area contributed by atoms with E-state index in [2.05, 4.69) is 20.1 Å². The van der Waals surface area contributed by atoms with E-state index < -0.39 is 18.0 Å². The Bertz CT molecular complexity index is 687. The van der Waals surface area contributed by atoms with E-state index in [9.17, 15) is 18.0 Å². The molecule has 6 nitrogen and oxygen atoms in total. The number of rotatable bonds is 2. The lowest BCUT2D eigenvalue weighted by Crippen LogP contribution is -2.47. The Balaban J connectivity index is 0.00000225. The third-order valence-electron chi connectivity index (χ3n) is 6.33. The molecule has 0 aromatic carbocycles. The molecule has 2 fully saturated rings. The van der Waals surface area contributed by atoms with Crippen LogP contribution < -0.4 is 5.32 Å². The number of likely N-dealkylation sites (tertiary alicyclic amines) is 1. The average Bonchev–Trinajstić information content (AvgIpc) is 3.11. The van der Waals surface area contributed by atoms with Crippen LogP contribution in [0, 0.1) is 11.8 Å². The molecule has 4 rings (SSSR count). The van der Waals surface area contributed by atoms with Crippen LogP contribution in [-0.2, 0) is 17.9 Å². The molecule has 3 heterocycles. The third kappa shape index (κ3) is 4.15. The smallest absolute Gasteiger partial charge is 0.342 e. The monoisotopic (exact) mass is 421 g/mol. The molecule has 1 N–H and O–H groups in total. The van der Waals surface area contributed by atoms with Crippen molar-refractivity contribution in [2.45, 2.75) is 63.7 Å². The summed E-state index contributed by atoms with van der Waals surface area (Å²) in [7, 11) is 0. The number of nitrogens with one attached hydrogen (secondary N) is 1. The van der Waals surface area contributed by atoms with E-state index in [-0.39, 0.29) is 30.7 Å². The van der Waals surface area contributed by atoms with Gasteiger partial charge < -0.3 is 14.8 Å². The second-order valence-electron chi connectivity index (χ2n) is 7.94. The number of carbonyl (C=O) groups is 1. The van der Waals surface area contributed by atoms with Crippen molar-refractivity contribution in [2.75, 3.05) is 19.6 Å². The van der Waals surface area contributed by atoms with Gasteiger partial charge in [-0.3, -0.25) is 4.79 Å². The fourth-order valence-corrected chi connectivity index (χ4v) is 4.83. The van der Waals surface area contributed by atoms with Crippen molar-refractivity contribution in [3.05, 3.63) is 11.6 Å². The minimum absolute atomic E-state index is 0. The summed E-state index contributed by atoms with van der Waals surface area (Å²) in [6.45, 7) is 3.45. The predicted molar refractivity (Wildman–Crippen MR) is 99.0 cm³/mol. The Hall–Kier alpha value is -1.35. The molecule has 28 heavy (non-hydrogen) atoms. The van der Waals surface area contributed by atoms with Gasteiger partial charge in [-0.2, -0.15) is 13.2 Å². The molecule has 3 aliphatic rings. The van der Waals surface area contributed by atoms with Crippen LogP contribution in [0.2, 0.25) is 0 Å². The maximum Gasteiger partial charge on any atom is 0.392 e. The zero-order valence-electron chi connectivity index (χ0n) is 15.7. The Morgan fingerprint density at radius 3 is 2.46 bits per heavy atom. The molecule has 1 saturated carbocycles. The van der Waals surface area contributed by atoms with Gasteiger partial charge in [0, 0.05) is 38.0 Å². The highest BCUT2D eigenvalue weighted by molar-refractivity contribution is 5.85. The molecule has 1 aromatic heterocycles. The summed E-state index contributed by atoms with van der Waals surface area (Å²) in [5, 5.41) is 11.9. The van der Waals surface area contributed by atoms with E-state index in [1.807, 2.05) is 0 Å². The zero-order valence-corrected chi connectivity index (χ0v) is 16.6. The Morgan fingerprint density at radius 2 is 1.75 bits per heavy atom. The summed E-state index contributed by atoms with van der Waals surface area (Å²) >= 11 is 0. The first-order chi connectivity index (χ1) is 12.9. The third-order valence-corrected chi connectivity index (χ3v) is 6.33. The van der Waals surface area contributed by atoms with Gasteiger partial charge in [0.15, 0.2) is 0 Å². The molecule has 2 aliphatic heterocycles. The van der Waals surface area contributed by atoms with Crippen LogP contribution in [-0.4, -0.2) is 51.4 Å². The van der Waals surface area contributed by atoms with E-state index in [4.69, 9.17) is 0 Å². The number of carbonyl (C=O) groups excluding carboxylic acids is 1. The highest BCUT2D eigenvalue weighted by atomic mass is 35.5. The molecule has 0 radical (unpaired) electrons. The fourth-order valence-electron chi connectivity index (χ4n) is 4.83. The summed E-state index contributed by atoms with van der Waals surface area (Å²) in [5.41, 5.74) is 0. The van der Waals surface area contributed by atoms with E-state index >= 15 is 0 Å². The highest BCUT2D eigenvalue weighted by Gasteiger charge is 2.49. The molecule has 2 unspecified atom stereocenters. The van der Waals surface area contributed by atoms with Crippen molar-refractivity contribution in [1.82, 2.24) is 25.0 Å². The number of alkyl halides is 3. The molecule has 1 amide bonds. The van der Waals surface area contributed by atoms with Gasteiger partial charge in [0.25, 0.3) is 0 Å². The van der Waals surface area contributed by atoms with Gasteiger partial charge in [0.1, 0.15) is 11.6 Å². The number of fused-ring (bicyclic) bond motifs is 1. The maximum absolute atomic E-state index is 13.3. The normalized spacial score (nSPS) is 26.5. The number of amides is 1. The van der Waals surface area contributed by atoms with E-state index in [0.29, 0.717) is 38.9 Å². The van der Waals surface area contributed by atoms with Crippen molar-refractivity contribution >= 4 is 18.3 Å². The van der Waals surface area contributed by atoms with Gasteiger partial charge in [-0.15, -0.1) is 22.6 Å². The van der Waals surface area contributed by atoms with Gasteiger partial charge in [-0.1, -0.05) is 12.8 Å². The summed E-state index contributed by atoms with van der Waals surface area (Å²) in [6.07, 6.45) is -1.11. The number of piperidine rings is 1. The topological polar surface area (TPSA) is 63.1 Å². The molecule has 158 valence electrons. The molecular formula is C18H27ClF3N5O. The standard InChI is InChI=1S/C18H26F3N5O.ClH/c19-18(20,21)14-4-2-1-3-13(14)17(27)25-8-5-12(6-9-25)16-24-23-15-11-22-7-10-26(15)16;/h12-14,22H,1-11H2;1H. The second-order valence-corrected chi connectivity index (χ2v) is 7.94. The molecule has 1 aliphatic carbocycles. The van der Waals surface area contributed by atoms with Crippen LogP contribution in [0.1, 0.15) is 56.1 Å². The highest BCUT2D eigenvalue weighted by Crippen LogP contribution is 2.42. The number of hydrogen-bond donors (Lipinski definition) is 1. The average molecular weight is 422 g/mol. The van der Waals surface area contributed by atoms with Crippen molar-refractivity contribution in [3.63, 3.8) is 0 Å². The fraction of sp³-hybridized carbons (Fsp3) is 0.833. The lowest BCUT2D eigenvalue weighted by molar-refractivity contribution is -0.201. The molecule has 0 bridgehead atoms. The van der Waals surface area contributed by atoms with Crippen LogP contribution >= 0.6 is 12.4 Å². The largest absolute Gasteiger partial charge is 0.392 e. The van der Waals surface area contributed by atoms with Crippen LogP contribution in [0.3, 0.4) is 0 Å². The maximum atomic E-state index is 13.3. The number of aromatic nitrogens is 3.